The monoisotopic (exact) mass is 404 g/mol. The van der Waals surface area contributed by atoms with Gasteiger partial charge >= 0.3 is 18.1 Å². The van der Waals surface area contributed by atoms with E-state index < -0.39 is 41.5 Å². The van der Waals surface area contributed by atoms with Crippen LogP contribution in [-0.2, 0) is 25.2 Å². The van der Waals surface area contributed by atoms with Crippen molar-refractivity contribution >= 4 is 17.8 Å². The maximum absolute atomic E-state index is 13.0. The van der Waals surface area contributed by atoms with E-state index >= 15 is 0 Å². The van der Waals surface area contributed by atoms with Gasteiger partial charge in [-0.15, -0.1) is 0 Å². The molecule has 1 heterocycles. The Morgan fingerprint density at radius 2 is 1.82 bits per heavy atom. The quantitative estimate of drug-likeness (QED) is 0.471. The average Bonchev–Trinajstić information content (AvgIpc) is 3.03. The van der Waals surface area contributed by atoms with E-state index in [0.717, 1.165) is 6.92 Å². The van der Waals surface area contributed by atoms with Gasteiger partial charge in [-0.3, -0.25) is 9.59 Å². The van der Waals surface area contributed by atoms with Crippen LogP contribution in [0, 0.1) is 6.92 Å². The second-order valence-corrected chi connectivity index (χ2v) is 5.36. The van der Waals surface area contributed by atoms with Crippen molar-refractivity contribution in [2.75, 3.05) is 13.2 Å². The molecular formula is C17H19F3N2O6. The topological polar surface area (TPSA) is 108 Å². The van der Waals surface area contributed by atoms with Gasteiger partial charge in [-0.25, -0.2) is 9.78 Å². The molecule has 0 bridgehead atoms. The SMILES string of the molecule is C=CCOC(=O)CCC(NC(=O)c1nc(C)oc1C(F)(F)F)C(=O)OCC=C. The Labute approximate surface area is 158 Å². The molecule has 1 unspecified atom stereocenters. The minimum atomic E-state index is -4.96. The van der Waals surface area contributed by atoms with Crippen molar-refractivity contribution in [3.63, 3.8) is 0 Å². The zero-order valence-corrected chi connectivity index (χ0v) is 15.0. The van der Waals surface area contributed by atoms with Crippen LogP contribution in [0.5, 0.6) is 0 Å². The number of ether oxygens (including phenoxy) is 2. The highest BCUT2D eigenvalue weighted by molar-refractivity contribution is 5.96. The number of rotatable bonds is 10. The molecule has 154 valence electrons. The number of carbonyl (C=O) groups excluding carboxylic acids is 3. The number of carbonyl (C=O) groups is 3. The van der Waals surface area contributed by atoms with Crippen molar-refractivity contribution < 1.29 is 41.4 Å². The van der Waals surface area contributed by atoms with Gasteiger partial charge in [0, 0.05) is 13.3 Å². The predicted molar refractivity (Wildman–Crippen MR) is 89.0 cm³/mol. The van der Waals surface area contributed by atoms with Crippen molar-refractivity contribution in [3.05, 3.63) is 42.7 Å². The summed E-state index contributed by atoms with van der Waals surface area (Å²) in [4.78, 5) is 39.3. The summed E-state index contributed by atoms with van der Waals surface area (Å²) in [6, 6.07) is -1.41. The van der Waals surface area contributed by atoms with Crippen LogP contribution in [0.1, 0.15) is 35.0 Å². The Hall–Kier alpha value is -3.11. The number of nitrogens with one attached hydrogen (secondary N) is 1. The molecule has 0 aliphatic rings. The van der Waals surface area contributed by atoms with Gasteiger partial charge in [-0.2, -0.15) is 13.2 Å². The van der Waals surface area contributed by atoms with Crippen LogP contribution in [0.2, 0.25) is 0 Å². The minimum absolute atomic E-state index is 0.0517. The zero-order valence-electron chi connectivity index (χ0n) is 15.0. The number of aryl methyl sites for hydroxylation is 1. The maximum Gasteiger partial charge on any atom is 0.452 e. The molecule has 0 saturated heterocycles. The number of oxazole rings is 1. The van der Waals surface area contributed by atoms with E-state index in [1.165, 1.54) is 12.2 Å². The summed E-state index contributed by atoms with van der Waals surface area (Å²) >= 11 is 0. The van der Waals surface area contributed by atoms with Crippen molar-refractivity contribution in [2.24, 2.45) is 0 Å². The van der Waals surface area contributed by atoms with Gasteiger partial charge in [0.05, 0.1) is 0 Å². The molecule has 11 heteroatoms. The van der Waals surface area contributed by atoms with Gasteiger partial charge in [-0.05, 0) is 6.42 Å². The molecule has 1 rings (SSSR count). The smallest absolute Gasteiger partial charge is 0.452 e. The molecular weight excluding hydrogens is 385 g/mol. The third kappa shape index (κ3) is 6.89. The third-order valence-corrected chi connectivity index (χ3v) is 3.14. The molecule has 1 aromatic heterocycles. The van der Waals surface area contributed by atoms with Crippen molar-refractivity contribution in [3.8, 4) is 0 Å². The summed E-state index contributed by atoms with van der Waals surface area (Å²) < 4.78 is 52.9. The molecule has 0 aliphatic heterocycles. The highest BCUT2D eigenvalue weighted by Gasteiger charge is 2.42. The molecule has 0 aliphatic carbocycles. The highest BCUT2D eigenvalue weighted by Crippen LogP contribution is 2.32. The summed E-state index contributed by atoms with van der Waals surface area (Å²) in [6.07, 6.45) is -2.93. The number of amides is 1. The number of alkyl halides is 3. The fourth-order valence-corrected chi connectivity index (χ4v) is 1.98. The lowest BCUT2D eigenvalue weighted by Gasteiger charge is -2.16. The van der Waals surface area contributed by atoms with Gasteiger partial charge in [-0.1, -0.05) is 25.3 Å². The Balaban J connectivity index is 2.94. The lowest BCUT2D eigenvalue weighted by molar-refractivity contribution is -0.153. The van der Waals surface area contributed by atoms with E-state index in [1.807, 2.05) is 0 Å². The molecule has 0 aromatic carbocycles. The Morgan fingerprint density at radius 1 is 1.21 bits per heavy atom. The van der Waals surface area contributed by atoms with Crippen molar-refractivity contribution in [1.29, 1.82) is 0 Å². The summed E-state index contributed by atoms with van der Waals surface area (Å²) in [6.45, 7) is 7.61. The number of aromatic nitrogens is 1. The fourth-order valence-electron chi connectivity index (χ4n) is 1.98. The first-order chi connectivity index (χ1) is 13.1. The zero-order chi connectivity index (χ0) is 21.3. The van der Waals surface area contributed by atoms with E-state index in [0.29, 0.717) is 0 Å². The molecule has 8 nitrogen and oxygen atoms in total. The summed E-state index contributed by atoms with van der Waals surface area (Å²) in [5, 5.41) is 2.08. The van der Waals surface area contributed by atoms with Crippen LogP contribution in [-0.4, -0.2) is 42.1 Å². The number of esters is 2. The Morgan fingerprint density at radius 3 is 2.39 bits per heavy atom. The van der Waals surface area contributed by atoms with Gasteiger partial charge in [0.1, 0.15) is 19.3 Å². The third-order valence-electron chi connectivity index (χ3n) is 3.14. The molecule has 0 saturated carbocycles. The van der Waals surface area contributed by atoms with Gasteiger partial charge < -0.3 is 19.2 Å². The van der Waals surface area contributed by atoms with Crippen molar-refractivity contribution in [1.82, 2.24) is 10.3 Å². The number of halogens is 3. The molecule has 1 atom stereocenters. The maximum atomic E-state index is 13.0. The Kier molecular flexibility index (Phi) is 8.42. The molecule has 1 N–H and O–H groups in total. The minimum Gasteiger partial charge on any atom is -0.461 e. The van der Waals surface area contributed by atoms with E-state index in [9.17, 15) is 27.6 Å². The van der Waals surface area contributed by atoms with E-state index in [4.69, 9.17) is 9.47 Å². The number of nitrogens with zero attached hydrogens (tertiary/aromatic N) is 1. The second kappa shape index (κ2) is 10.3. The number of hydrogen-bond donors (Lipinski definition) is 1. The van der Waals surface area contributed by atoms with Crippen molar-refractivity contribution in [2.45, 2.75) is 32.0 Å². The fraction of sp³-hybridized carbons (Fsp3) is 0.412. The first-order valence-electron chi connectivity index (χ1n) is 7.99. The van der Waals surface area contributed by atoms with Gasteiger partial charge in [0.25, 0.3) is 5.91 Å². The van der Waals surface area contributed by atoms with Gasteiger partial charge in [0.2, 0.25) is 5.76 Å². The predicted octanol–water partition coefficient (Wildman–Crippen LogP) is 2.34. The Bertz CT molecular complexity index is 742. The molecule has 28 heavy (non-hydrogen) atoms. The molecule has 0 radical (unpaired) electrons. The standard InChI is InChI=1S/C17H19F3N2O6/c1-4-8-26-12(23)7-6-11(16(25)27-9-5-2)22-15(24)13-14(17(18,19)20)28-10(3)21-13/h4-5,11H,1-2,6-9H2,3H3,(H,22,24). The van der Waals surface area contributed by atoms with Crippen LogP contribution in [0.4, 0.5) is 13.2 Å². The van der Waals surface area contributed by atoms with Crippen LogP contribution in [0.25, 0.3) is 0 Å². The molecule has 0 spiro atoms. The lowest BCUT2D eigenvalue weighted by atomic mass is 10.1. The summed E-state index contributed by atoms with van der Waals surface area (Å²) in [7, 11) is 0. The van der Waals surface area contributed by atoms with Crippen LogP contribution in [0.15, 0.2) is 29.7 Å². The average molecular weight is 404 g/mol. The van der Waals surface area contributed by atoms with Crippen LogP contribution in [0.3, 0.4) is 0 Å². The van der Waals surface area contributed by atoms with Crippen LogP contribution >= 0.6 is 0 Å². The van der Waals surface area contributed by atoms with E-state index in [-0.39, 0.29) is 31.9 Å². The first-order valence-corrected chi connectivity index (χ1v) is 7.99. The molecule has 1 amide bonds. The molecule has 1 aromatic rings. The lowest BCUT2D eigenvalue weighted by Crippen LogP contribution is -2.43. The molecule has 0 fully saturated rings. The normalized spacial score (nSPS) is 12.0. The second-order valence-electron chi connectivity index (χ2n) is 5.36. The van der Waals surface area contributed by atoms with Crippen LogP contribution < -0.4 is 5.32 Å². The first kappa shape index (κ1) is 22.9. The largest absolute Gasteiger partial charge is 0.461 e. The summed E-state index contributed by atoms with van der Waals surface area (Å²) in [5.74, 6) is -4.92. The van der Waals surface area contributed by atoms with Gasteiger partial charge in [0.15, 0.2) is 11.6 Å². The van der Waals surface area contributed by atoms with E-state index in [1.54, 1.807) is 0 Å². The number of hydrogen-bond acceptors (Lipinski definition) is 7. The summed E-state index contributed by atoms with van der Waals surface area (Å²) in [5.41, 5.74) is -1.03. The highest BCUT2D eigenvalue weighted by atomic mass is 19.4. The van der Waals surface area contributed by atoms with E-state index in [2.05, 4.69) is 27.9 Å².